The summed E-state index contributed by atoms with van der Waals surface area (Å²) in [6, 6.07) is 5.54. The molecule has 0 aliphatic rings. The number of hydrogen-bond acceptors (Lipinski definition) is 4. The molecule has 1 heterocycles. The number of hydrogen-bond donors (Lipinski definition) is 0. The highest BCUT2D eigenvalue weighted by Gasteiger charge is 2.15. The Balaban J connectivity index is 2.54. The van der Waals surface area contributed by atoms with Crippen LogP contribution in [0.1, 0.15) is 19.2 Å². The molecule has 5 nitrogen and oxygen atoms in total. The van der Waals surface area contributed by atoms with Crippen LogP contribution >= 0.6 is 11.6 Å². The highest BCUT2D eigenvalue weighted by Crippen LogP contribution is 2.30. The molecule has 0 aliphatic carbocycles. The van der Waals surface area contributed by atoms with Gasteiger partial charge in [0.2, 0.25) is 5.28 Å². The Morgan fingerprint density at radius 1 is 1.21 bits per heavy atom. The largest absolute Gasteiger partial charge is 0.497 e. The van der Waals surface area contributed by atoms with Crippen LogP contribution in [0.15, 0.2) is 18.2 Å². The van der Waals surface area contributed by atoms with E-state index in [0.29, 0.717) is 11.0 Å². The van der Waals surface area contributed by atoms with Crippen LogP contribution in [0.4, 0.5) is 0 Å². The zero-order valence-electron chi connectivity index (χ0n) is 11.2. The molecule has 1 aromatic heterocycles. The second kappa shape index (κ2) is 5.93. The van der Waals surface area contributed by atoms with Gasteiger partial charge in [0.25, 0.3) is 0 Å². The molecule has 6 heteroatoms. The molecule has 0 spiro atoms. The van der Waals surface area contributed by atoms with Gasteiger partial charge in [-0.05, 0) is 30.2 Å². The maximum atomic E-state index is 6.12. The molecule has 102 valence electrons. The van der Waals surface area contributed by atoms with E-state index in [-0.39, 0.29) is 0 Å². The second-order valence-electron chi connectivity index (χ2n) is 4.01. The topological polar surface area (TPSA) is 49.2 Å². The third-order valence-corrected chi connectivity index (χ3v) is 3.04. The Hall–Kier alpha value is -1.75. The lowest BCUT2D eigenvalue weighted by Gasteiger charge is -2.13. The third-order valence-electron chi connectivity index (χ3n) is 2.79. The molecule has 0 radical (unpaired) electrons. The number of ether oxygens (including phenoxy) is 2. The zero-order valence-corrected chi connectivity index (χ0v) is 11.9. The molecule has 0 fully saturated rings. The Labute approximate surface area is 117 Å². The summed E-state index contributed by atoms with van der Waals surface area (Å²) in [6.07, 6.45) is 1.77. The van der Waals surface area contributed by atoms with Crippen molar-refractivity contribution in [2.24, 2.45) is 0 Å². The van der Waals surface area contributed by atoms with Gasteiger partial charge in [0, 0.05) is 12.5 Å². The zero-order chi connectivity index (χ0) is 13.8. The average Bonchev–Trinajstić information content (AvgIpc) is 2.79. The van der Waals surface area contributed by atoms with E-state index in [1.165, 1.54) is 0 Å². The van der Waals surface area contributed by atoms with E-state index >= 15 is 0 Å². The Morgan fingerprint density at radius 2 is 2.00 bits per heavy atom. The van der Waals surface area contributed by atoms with E-state index in [9.17, 15) is 0 Å². The predicted octanol–water partition coefficient (Wildman–Crippen LogP) is 2.89. The first-order chi connectivity index (χ1) is 9.21. The van der Waals surface area contributed by atoms with Crippen molar-refractivity contribution >= 4 is 11.6 Å². The van der Waals surface area contributed by atoms with Crippen molar-refractivity contribution in [2.45, 2.75) is 19.8 Å². The summed E-state index contributed by atoms with van der Waals surface area (Å²) >= 11 is 6.12. The number of rotatable bonds is 5. The fourth-order valence-corrected chi connectivity index (χ4v) is 2.11. The molecule has 0 unspecified atom stereocenters. The Bertz CT molecular complexity index is 569. The molecule has 2 aromatic rings. The predicted molar refractivity (Wildman–Crippen MR) is 73.5 cm³/mol. The fourth-order valence-electron chi connectivity index (χ4n) is 1.89. The van der Waals surface area contributed by atoms with Crippen molar-refractivity contribution < 1.29 is 9.47 Å². The Kier molecular flexibility index (Phi) is 4.27. The van der Waals surface area contributed by atoms with Crippen LogP contribution in [0.3, 0.4) is 0 Å². The Morgan fingerprint density at radius 3 is 2.63 bits per heavy atom. The van der Waals surface area contributed by atoms with Gasteiger partial charge in [0.1, 0.15) is 17.3 Å². The molecule has 2 rings (SSSR count). The van der Waals surface area contributed by atoms with Gasteiger partial charge in [-0.15, -0.1) is 10.2 Å². The maximum Gasteiger partial charge on any atom is 0.229 e. The number of methoxy groups -OCH3 is 2. The van der Waals surface area contributed by atoms with Crippen LogP contribution in [0.25, 0.3) is 5.69 Å². The van der Waals surface area contributed by atoms with Crippen LogP contribution < -0.4 is 9.47 Å². The van der Waals surface area contributed by atoms with Crippen LogP contribution in [-0.2, 0) is 6.42 Å². The summed E-state index contributed by atoms with van der Waals surface area (Å²) in [4.78, 5) is 0. The van der Waals surface area contributed by atoms with Crippen LogP contribution in [-0.4, -0.2) is 29.0 Å². The number of aromatic nitrogens is 3. The highest BCUT2D eigenvalue weighted by molar-refractivity contribution is 6.28. The van der Waals surface area contributed by atoms with Crippen molar-refractivity contribution in [1.29, 1.82) is 0 Å². The smallest absolute Gasteiger partial charge is 0.229 e. The number of halogens is 1. The minimum Gasteiger partial charge on any atom is -0.497 e. The lowest BCUT2D eigenvalue weighted by atomic mass is 10.2. The van der Waals surface area contributed by atoms with Gasteiger partial charge in [0.05, 0.1) is 19.9 Å². The number of nitrogens with zero attached hydrogens (tertiary/aromatic N) is 3. The molecule has 0 N–H and O–H groups in total. The van der Waals surface area contributed by atoms with Crippen LogP contribution in [0.5, 0.6) is 11.5 Å². The van der Waals surface area contributed by atoms with Crippen molar-refractivity contribution in [3.63, 3.8) is 0 Å². The number of benzene rings is 1. The summed E-state index contributed by atoms with van der Waals surface area (Å²) in [5.41, 5.74) is 0.807. The quantitative estimate of drug-likeness (QED) is 0.845. The van der Waals surface area contributed by atoms with E-state index in [1.807, 2.05) is 12.1 Å². The summed E-state index contributed by atoms with van der Waals surface area (Å²) in [6.45, 7) is 2.08. The van der Waals surface area contributed by atoms with Crippen molar-refractivity contribution in [2.75, 3.05) is 14.2 Å². The molecule has 1 aromatic carbocycles. The minimum absolute atomic E-state index is 0.326. The first-order valence-electron chi connectivity index (χ1n) is 6.03. The SMILES string of the molecule is CCCc1nnc(Cl)n1-c1ccc(OC)cc1OC. The van der Waals surface area contributed by atoms with Crippen LogP contribution in [0.2, 0.25) is 5.28 Å². The normalized spacial score (nSPS) is 10.5. The molecule has 0 saturated heterocycles. The molecule has 19 heavy (non-hydrogen) atoms. The van der Waals surface area contributed by atoms with E-state index in [2.05, 4.69) is 17.1 Å². The summed E-state index contributed by atoms with van der Waals surface area (Å²) in [5.74, 6) is 2.20. The molecule has 0 amide bonds. The fraction of sp³-hybridized carbons (Fsp3) is 0.385. The van der Waals surface area contributed by atoms with Gasteiger partial charge in [-0.1, -0.05) is 6.92 Å². The van der Waals surface area contributed by atoms with Gasteiger partial charge in [-0.3, -0.25) is 4.57 Å². The van der Waals surface area contributed by atoms with Gasteiger partial charge < -0.3 is 9.47 Å². The third kappa shape index (κ3) is 2.66. The summed E-state index contributed by atoms with van der Waals surface area (Å²) in [7, 11) is 3.22. The molecular weight excluding hydrogens is 266 g/mol. The molecular formula is C13H16ClN3O2. The molecule has 0 aliphatic heterocycles. The van der Waals surface area contributed by atoms with Gasteiger partial charge in [0.15, 0.2) is 0 Å². The highest BCUT2D eigenvalue weighted by atomic mass is 35.5. The van der Waals surface area contributed by atoms with Crippen molar-refractivity contribution in [1.82, 2.24) is 14.8 Å². The minimum atomic E-state index is 0.326. The monoisotopic (exact) mass is 281 g/mol. The molecule has 0 saturated carbocycles. The van der Waals surface area contributed by atoms with E-state index in [0.717, 1.165) is 30.1 Å². The van der Waals surface area contributed by atoms with Crippen LogP contribution in [0, 0.1) is 0 Å². The van der Waals surface area contributed by atoms with E-state index in [1.54, 1.807) is 24.9 Å². The maximum absolute atomic E-state index is 6.12. The number of aryl methyl sites for hydroxylation is 1. The molecule has 0 atom stereocenters. The van der Waals surface area contributed by atoms with Gasteiger partial charge in [-0.25, -0.2) is 0 Å². The van der Waals surface area contributed by atoms with Crippen molar-refractivity contribution in [3.05, 3.63) is 29.3 Å². The van der Waals surface area contributed by atoms with E-state index < -0.39 is 0 Å². The summed E-state index contributed by atoms with van der Waals surface area (Å²) < 4.78 is 12.4. The molecule has 0 bridgehead atoms. The van der Waals surface area contributed by atoms with Crippen molar-refractivity contribution in [3.8, 4) is 17.2 Å². The lowest BCUT2D eigenvalue weighted by Crippen LogP contribution is -2.04. The van der Waals surface area contributed by atoms with Gasteiger partial charge in [-0.2, -0.15) is 0 Å². The lowest BCUT2D eigenvalue weighted by molar-refractivity contribution is 0.393. The standard InChI is InChI=1S/C13H16ClN3O2/c1-4-5-12-15-16-13(14)17(12)10-7-6-9(18-2)8-11(10)19-3/h6-8H,4-5H2,1-3H3. The van der Waals surface area contributed by atoms with E-state index in [4.69, 9.17) is 21.1 Å². The first-order valence-corrected chi connectivity index (χ1v) is 6.41. The average molecular weight is 282 g/mol. The first kappa shape index (κ1) is 13.7. The second-order valence-corrected chi connectivity index (χ2v) is 4.35. The van der Waals surface area contributed by atoms with Gasteiger partial charge >= 0.3 is 0 Å². The summed E-state index contributed by atoms with van der Waals surface area (Å²) in [5, 5.41) is 8.34.